The van der Waals surface area contributed by atoms with E-state index in [4.69, 9.17) is 10.8 Å². The Bertz CT molecular complexity index is 478. The lowest BCUT2D eigenvalue weighted by Gasteiger charge is -2.02. The molecule has 0 aliphatic carbocycles. The quantitative estimate of drug-likeness (QED) is 0.819. The third-order valence-corrected chi connectivity index (χ3v) is 2.29. The Morgan fingerprint density at radius 3 is 2.62 bits per heavy atom. The van der Waals surface area contributed by atoms with Crippen molar-refractivity contribution in [3.63, 3.8) is 0 Å². The molecule has 2 aromatic rings. The fourth-order valence-corrected chi connectivity index (χ4v) is 1.46. The summed E-state index contributed by atoms with van der Waals surface area (Å²) in [5.41, 5.74) is 6.42. The van der Waals surface area contributed by atoms with Gasteiger partial charge >= 0.3 is 0 Å². The summed E-state index contributed by atoms with van der Waals surface area (Å²) < 4.78 is 15.0. The lowest BCUT2D eigenvalue weighted by molar-refractivity contribution is 0.474. The second-order valence-electron chi connectivity index (χ2n) is 3.43. The molecule has 0 amide bonds. The van der Waals surface area contributed by atoms with Gasteiger partial charge in [0, 0.05) is 5.56 Å². The van der Waals surface area contributed by atoms with Gasteiger partial charge in [-0.25, -0.2) is 4.68 Å². The molecule has 0 bridgehead atoms. The van der Waals surface area contributed by atoms with Crippen LogP contribution >= 0.6 is 0 Å². The molecule has 1 aromatic heterocycles. The number of aromatic hydroxyl groups is 1. The maximum atomic E-state index is 13.8. The van der Waals surface area contributed by atoms with Crippen molar-refractivity contribution in [2.24, 2.45) is 5.73 Å². The Labute approximate surface area is 92.1 Å². The van der Waals surface area contributed by atoms with E-state index in [-0.39, 0.29) is 5.75 Å². The van der Waals surface area contributed by atoms with Crippen LogP contribution in [-0.4, -0.2) is 21.4 Å². The molecular weight excluding hydrogens is 209 g/mol. The van der Waals surface area contributed by atoms with E-state index < -0.39 is 5.95 Å². The Hall–Kier alpha value is -1.88. The highest BCUT2D eigenvalue weighted by molar-refractivity contribution is 5.36. The van der Waals surface area contributed by atoms with E-state index >= 15 is 0 Å². The molecule has 84 valence electrons. The first-order valence-corrected chi connectivity index (χ1v) is 4.94. The van der Waals surface area contributed by atoms with Crippen molar-refractivity contribution in [3.05, 3.63) is 42.0 Å². The summed E-state index contributed by atoms with van der Waals surface area (Å²) in [6.45, 7) is 0.387. The van der Waals surface area contributed by atoms with Gasteiger partial charge in [-0.2, -0.15) is 9.49 Å². The predicted molar refractivity (Wildman–Crippen MR) is 57.9 cm³/mol. The van der Waals surface area contributed by atoms with Crippen molar-refractivity contribution in [3.8, 4) is 11.4 Å². The van der Waals surface area contributed by atoms with Gasteiger partial charge < -0.3 is 10.8 Å². The molecule has 0 aliphatic rings. The van der Waals surface area contributed by atoms with Gasteiger partial charge in [0.1, 0.15) is 5.75 Å². The smallest absolute Gasteiger partial charge is 0.219 e. The molecule has 2 rings (SSSR count). The third-order valence-electron chi connectivity index (χ3n) is 2.29. The molecular formula is C11H12FN3O. The maximum Gasteiger partial charge on any atom is 0.219 e. The van der Waals surface area contributed by atoms with Gasteiger partial charge in [0.25, 0.3) is 0 Å². The number of nitrogens with two attached hydrogens (primary N) is 1. The van der Waals surface area contributed by atoms with Crippen LogP contribution in [-0.2, 0) is 6.42 Å². The number of benzene rings is 1. The molecule has 0 unspecified atom stereocenters. The molecule has 4 nitrogen and oxygen atoms in total. The fraction of sp³-hybridized carbons (Fsp3) is 0.182. The minimum atomic E-state index is -0.406. The lowest BCUT2D eigenvalue weighted by Crippen LogP contribution is -2.05. The van der Waals surface area contributed by atoms with E-state index in [9.17, 15) is 4.39 Å². The van der Waals surface area contributed by atoms with Crippen molar-refractivity contribution >= 4 is 0 Å². The minimum absolute atomic E-state index is 0.137. The molecule has 0 atom stereocenters. The number of halogens is 1. The zero-order valence-electron chi connectivity index (χ0n) is 8.60. The summed E-state index contributed by atoms with van der Waals surface area (Å²) in [4.78, 5) is 0. The molecule has 3 N–H and O–H groups in total. The van der Waals surface area contributed by atoms with Crippen LogP contribution in [0.15, 0.2) is 30.5 Å². The first kappa shape index (κ1) is 10.6. The van der Waals surface area contributed by atoms with E-state index in [1.807, 2.05) is 0 Å². The number of rotatable bonds is 3. The molecule has 1 aromatic carbocycles. The SMILES string of the molecule is NCCc1cnn(-c2ccc(O)cc2)c1F. The largest absolute Gasteiger partial charge is 0.508 e. The molecule has 16 heavy (non-hydrogen) atoms. The Morgan fingerprint density at radius 2 is 2.00 bits per heavy atom. The number of hydrogen-bond donors (Lipinski definition) is 2. The average molecular weight is 221 g/mol. The van der Waals surface area contributed by atoms with Crippen LogP contribution in [0.3, 0.4) is 0 Å². The number of hydrogen-bond acceptors (Lipinski definition) is 3. The van der Waals surface area contributed by atoms with Crippen molar-refractivity contribution in [2.45, 2.75) is 6.42 Å². The standard InChI is InChI=1S/C11H12FN3O/c12-11-8(5-6-13)7-14-15(11)9-1-3-10(16)4-2-9/h1-4,7,16H,5-6,13H2. The Morgan fingerprint density at radius 1 is 1.31 bits per heavy atom. The second-order valence-corrected chi connectivity index (χ2v) is 3.43. The molecule has 0 fully saturated rings. The summed E-state index contributed by atoms with van der Waals surface area (Å²) in [6.07, 6.45) is 1.93. The van der Waals surface area contributed by atoms with Crippen LogP contribution < -0.4 is 5.73 Å². The summed E-state index contributed by atoms with van der Waals surface area (Å²) in [5, 5.41) is 13.1. The van der Waals surface area contributed by atoms with E-state index in [2.05, 4.69) is 5.10 Å². The summed E-state index contributed by atoms with van der Waals surface area (Å²) in [6, 6.07) is 6.16. The van der Waals surface area contributed by atoms with Crippen molar-refractivity contribution in [1.82, 2.24) is 9.78 Å². The van der Waals surface area contributed by atoms with Gasteiger partial charge in [0.2, 0.25) is 5.95 Å². The number of phenolic OH excluding ortho intramolecular Hbond substituents is 1. The van der Waals surface area contributed by atoms with Gasteiger partial charge in [-0.15, -0.1) is 0 Å². The highest BCUT2D eigenvalue weighted by Crippen LogP contribution is 2.16. The summed E-state index contributed by atoms with van der Waals surface area (Å²) >= 11 is 0. The summed E-state index contributed by atoms with van der Waals surface area (Å²) in [5.74, 6) is -0.269. The average Bonchev–Trinajstić information content (AvgIpc) is 2.63. The van der Waals surface area contributed by atoms with Crippen LogP contribution in [0.4, 0.5) is 4.39 Å². The van der Waals surface area contributed by atoms with Crippen molar-refractivity contribution in [1.29, 1.82) is 0 Å². The highest BCUT2D eigenvalue weighted by Gasteiger charge is 2.10. The van der Waals surface area contributed by atoms with Crippen LogP contribution in [0, 0.1) is 5.95 Å². The zero-order chi connectivity index (χ0) is 11.5. The lowest BCUT2D eigenvalue weighted by atomic mass is 10.2. The molecule has 0 saturated carbocycles. The van der Waals surface area contributed by atoms with Crippen LogP contribution in [0.5, 0.6) is 5.75 Å². The molecule has 0 radical (unpaired) electrons. The Balaban J connectivity index is 2.37. The first-order valence-electron chi connectivity index (χ1n) is 4.94. The third kappa shape index (κ3) is 1.90. The fourth-order valence-electron chi connectivity index (χ4n) is 1.46. The van der Waals surface area contributed by atoms with Crippen LogP contribution in [0.1, 0.15) is 5.56 Å². The predicted octanol–water partition coefficient (Wildman–Crippen LogP) is 1.22. The maximum absolute atomic E-state index is 13.8. The molecule has 1 heterocycles. The van der Waals surface area contributed by atoms with E-state index in [1.54, 1.807) is 12.1 Å². The van der Waals surface area contributed by atoms with E-state index in [1.165, 1.54) is 23.0 Å². The molecule has 0 spiro atoms. The van der Waals surface area contributed by atoms with Gasteiger partial charge in [-0.1, -0.05) is 0 Å². The summed E-state index contributed by atoms with van der Waals surface area (Å²) in [7, 11) is 0. The Kier molecular flexibility index (Phi) is 2.87. The van der Waals surface area contributed by atoms with Gasteiger partial charge in [-0.05, 0) is 37.2 Å². The number of nitrogens with zero attached hydrogens (tertiary/aromatic N) is 2. The highest BCUT2D eigenvalue weighted by atomic mass is 19.1. The van der Waals surface area contributed by atoms with E-state index in [0.29, 0.717) is 24.2 Å². The number of aromatic nitrogens is 2. The van der Waals surface area contributed by atoms with Gasteiger partial charge in [0.15, 0.2) is 0 Å². The van der Waals surface area contributed by atoms with Crippen molar-refractivity contribution in [2.75, 3.05) is 6.54 Å². The van der Waals surface area contributed by atoms with E-state index in [0.717, 1.165) is 0 Å². The monoisotopic (exact) mass is 221 g/mol. The first-order chi connectivity index (χ1) is 7.72. The molecule has 5 heteroatoms. The number of phenols is 1. The minimum Gasteiger partial charge on any atom is -0.508 e. The molecule has 0 saturated heterocycles. The van der Waals surface area contributed by atoms with Gasteiger partial charge in [-0.3, -0.25) is 0 Å². The normalized spacial score (nSPS) is 10.6. The second kappa shape index (κ2) is 4.32. The molecule has 0 aliphatic heterocycles. The topological polar surface area (TPSA) is 64.1 Å². The zero-order valence-corrected chi connectivity index (χ0v) is 8.60. The van der Waals surface area contributed by atoms with Crippen LogP contribution in [0.25, 0.3) is 5.69 Å². The van der Waals surface area contributed by atoms with Gasteiger partial charge in [0.05, 0.1) is 11.9 Å². The van der Waals surface area contributed by atoms with Crippen molar-refractivity contribution < 1.29 is 9.50 Å². The van der Waals surface area contributed by atoms with Crippen LogP contribution in [0.2, 0.25) is 0 Å².